The second-order valence-corrected chi connectivity index (χ2v) is 22.4. The monoisotopic (exact) mass is 516 g/mol. The highest BCUT2D eigenvalue weighted by molar-refractivity contribution is 6.74. The molecular formula is C30H52O3Si2. The van der Waals surface area contributed by atoms with Gasteiger partial charge in [-0.1, -0.05) is 72.6 Å². The molecule has 0 aliphatic rings. The molecule has 35 heavy (non-hydrogen) atoms. The molecule has 0 bridgehead atoms. The van der Waals surface area contributed by atoms with Crippen molar-refractivity contribution in [2.24, 2.45) is 5.92 Å². The smallest absolute Gasteiger partial charge is 0.194 e. The Labute approximate surface area is 219 Å². The molecule has 0 fully saturated rings. The molecule has 5 heteroatoms. The quantitative estimate of drug-likeness (QED) is 0.167. The lowest BCUT2D eigenvalue weighted by Gasteiger charge is -2.38. The Bertz CT molecular complexity index is 880. The minimum atomic E-state index is -2.04. The zero-order chi connectivity index (χ0) is 27.1. The van der Waals surface area contributed by atoms with Crippen molar-refractivity contribution in [3.63, 3.8) is 0 Å². The normalized spacial score (nSPS) is 14.6. The van der Waals surface area contributed by atoms with Crippen LogP contribution >= 0.6 is 0 Å². The van der Waals surface area contributed by atoms with Gasteiger partial charge in [0.2, 0.25) is 0 Å². The Morgan fingerprint density at radius 3 is 2.11 bits per heavy atom. The van der Waals surface area contributed by atoms with E-state index in [-0.39, 0.29) is 16.2 Å². The van der Waals surface area contributed by atoms with Crippen molar-refractivity contribution in [1.29, 1.82) is 0 Å². The SMILES string of the molecule is C=CCc1c(OC)cccc1[C@H](C#CCC[C@@H](C)CO[Si](C)(C)C(C)(C)C)O[Si](C)(C)C(C)(C)C. The zero-order valence-corrected chi connectivity index (χ0v) is 26.7. The molecule has 0 amide bonds. The van der Waals surface area contributed by atoms with E-state index in [9.17, 15) is 0 Å². The van der Waals surface area contributed by atoms with Crippen molar-refractivity contribution < 1.29 is 13.6 Å². The van der Waals surface area contributed by atoms with Crippen LogP contribution in [0.2, 0.25) is 36.3 Å². The fraction of sp³-hybridized carbons (Fsp3) is 0.667. The van der Waals surface area contributed by atoms with Crippen LogP contribution in [-0.4, -0.2) is 30.4 Å². The van der Waals surface area contributed by atoms with E-state index in [1.54, 1.807) is 7.11 Å². The molecule has 0 aliphatic carbocycles. The van der Waals surface area contributed by atoms with Crippen molar-refractivity contribution in [2.75, 3.05) is 13.7 Å². The van der Waals surface area contributed by atoms with Crippen molar-refractivity contribution in [3.8, 4) is 17.6 Å². The Hall–Kier alpha value is -1.33. The van der Waals surface area contributed by atoms with Crippen LogP contribution in [0.25, 0.3) is 0 Å². The summed E-state index contributed by atoms with van der Waals surface area (Å²) in [7, 11) is -2.04. The highest BCUT2D eigenvalue weighted by Gasteiger charge is 2.40. The predicted molar refractivity (Wildman–Crippen MR) is 157 cm³/mol. The van der Waals surface area contributed by atoms with Gasteiger partial charge in [0.1, 0.15) is 11.9 Å². The third kappa shape index (κ3) is 9.24. The van der Waals surface area contributed by atoms with E-state index in [1.165, 1.54) is 0 Å². The van der Waals surface area contributed by atoms with E-state index in [4.69, 9.17) is 13.6 Å². The molecule has 0 unspecified atom stereocenters. The summed E-state index contributed by atoms with van der Waals surface area (Å²) in [6.45, 7) is 29.9. The van der Waals surface area contributed by atoms with E-state index >= 15 is 0 Å². The average Bonchev–Trinajstić information content (AvgIpc) is 2.73. The molecule has 0 heterocycles. The largest absolute Gasteiger partial charge is 0.496 e. The van der Waals surface area contributed by atoms with Crippen LogP contribution in [0.4, 0.5) is 0 Å². The maximum absolute atomic E-state index is 6.87. The van der Waals surface area contributed by atoms with Crippen LogP contribution in [0.1, 0.15) is 78.5 Å². The van der Waals surface area contributed by atoms with Gasteiger partial charge in [0.15, 0.2) is 16.6 Å². The maximum atomic E-state index is 6.87. The van der Waals surface area contributed by atoms with Gasteiger partial charge in [-0.25, -0.2) is 0 Å². The first-order chi connectivity index (χ1) is 16.0. The van der Waals surface area contributed by atoms with Crippen molar-refractivity contribution in [1.82, 2.24) is 0 Å². The summed E-state index contributed by atoms with van der Waals surface area (Å²) < 4.78 is 19.0. The maximum Gasteiger partial charge on any atom is 0.194 e. The summed E-state index contributed by atoms with van der Waals surface area (Å²) in [4.78, 5) is 0. The lowest BCUT2D eigenvalue weighted by Crippen LogP contribution is -2.41. The second kappa shape index (κ2) is 12.8. The molecule has 1 aromatic rings. The van der Waals surface area contributed by atoms with Crippen LogP contribution in [0.5, 0.6) is 5.75 Å². The lowest BCUT2D eigenvalue weighted by molar-refractivity contribution is 0.231. The van der Waals surface area contributed by atoms with Gasteiger partial charge in [0.25, 0.3) is 0 Å². The van der Waals surface area contributed by atoms with Crippen LogP contribution in [0, 0.1) is 17.8 Å². The average molecular weight is 517 g/mol. The molecule has 198 valence electrons. The molecular weight excluding hydrogens is 464 g/mol. The van der Waals surface area contributed by atoms with Crippen LogP contribution in [0.15, 0.2) is 30.9 Å². The predicted octanol–water partition coefficient (Wildman–Crippen LogP) is 8.93. The van der Waals surface area contributed by atoms with E-state index in [0.717, 1.165) is 42.7 Å². The van der Waals surface area contributed by atoms with E-state index in [1.807, 2.05) is 18.2 Å². The first-order valence-electron chi connectivity index (χ1n) is 13.0. The van der Waals surface area contributed by atoms with Crippen LogP contribution in [0.3, 0.4) is 0 Å². The fourth-order valence-electron chi connectivity index (χ4n) is 3.16. The molecule has 0 radical (unpaired) electrons. The van der Waals surface area contributed by atoms with Gasteiger partial charge < -0.3 is 13.6 Å². The number of rotatable bonds is 11. The van der Waals surface area contributed by atoms with Gasteiger partial charge in [0.05, 0.1) is 7.11 Å². The van der Waals surface area contributed by atoms with Gasteiger partial charge >= 0.3 is 0 Å². The summed E-state index contributed by atoms with van der Waals surface area (Å²) in [5.74, 6) is 8.31. The fourth-order valence-corrected chi connectivity index (χ4v) is 5.42. The van der Waals surface area contributed by atoms with E-state index in [2.05, 4.69) is 99.1 Å². The molecule has 1 rings (SSSR count). The molecule has 0 N–H and O–H groups in total. The summed E-state index contributed by atoms with van der Waals surface area (Å²) in [5.41, 5.74) is 2.20. The van der Waals surface area contributed by atoms with Crippen molar-refractivity contribution in [3.05, 3.63) is 42.0 Å². The first kappa shape index (κ1) is 31.7. The summed E-state index contributed by atoms with van der Waals surface area (Å²) in [5, 5.41) is 0.334. The Balaban J connectivity index is 3.10. The third-order valence-electron chi connectivity index (χ3n) is 7.77. The molecule has 2 atom stereocenters. The summed E-state index contributed by atoms with van der Waals surface area (Å²) >= 11 is 0. The van der Waals surface area contributed by atoms with Gasteiger partial charge in [-0.15, -0.1) is 12.5 Å². The highest BCUT2D eigenvalue weighted by atomic mass is 28.4. The number of allylic oxidation sites excluding steroid dienone is 1. The molecule has 0 aliphatic heterocycles. The molecule has 0 saturated carbocycles. The van der Waals surface area contributed by atoms with Crippen molar-refractivity contribution in [2.45, 2.75) is 110 Å². The molecule has 0 saturated heterocycles. The van der Waals surface area contributed by atoms with Crippen LogP contribution < -0.4 is 4.74 Å². The minimum Gasteiger partial charge on any atom is -0.496 e. The third-order valence-corrected chi connectivity index (χ3v) is 16.7. The number of hydrogen-bond donors (Lipinski definition) is 0. The van der Waals surface area contributed by atoms with Crippen LogP contribution in [-0.2, 0) is 15.3 Å². The lowest BCUT2D eigenvalue weighted by atomic mass is 9.98. The van der Waals surface area contributed by atoms with E-state index in [0.29, 0.717) is 5.92 Å². The number of methoxy groups -OCH3 is 1. The topological polar surface area (TPSA) is 27.7 Å². The number of ether oxygens (including phenoxy) is 1. The minimum absolute atomic E-state index is 0.0972. The standard InChI is InChI=1S/C30H52O3Si2/c1-14-18-25-26(20-17-22-27(25)31-9)28(33-35(12,13)30(6,7)8)21-16-15-19-24(2)23-32-34(10,11)29(3,4)5/h14,17,20,22,24,28H,1,15,18-19,23H2,2-13H3/t24-,28+/m1/s1. The van der Waals surface area contributed by atoms with Gasteiger partial charge in [-0.05, 0) is 66.7 Å². The molecule has 0 spiro atoms. The van der Waals surface area contributed by atoms with E-state index < -0.39 is 16.6 Å². The highest BCUT2D eigenvalue weighted by Crippen LogP contribution is 2.41. The Morgan fingerprint density at radius 2 is 1.60 bits per heavy atom. The molecule has 0 aromatic heterocycles. The Kier molecular flexibility index (Phi) is 11.6. The van der Waals surface area contributed by atoms with Gasteiger partial charge in [0, 0.05) is 18.6 Å². The van der Waals surface area contributed by atoms with Crippen molar-refractivity contribution >= 4 is 16.6 Å². The number of hydrogen-bond acceptors (Lipinski definition) is 3. The van der Waals surface area contributed by atoms with Gasteiger partial charge in [-0.2, -0.15) is 0 Å². The summed E-state index contributed by atoms with van der Waals surface area (Å²) in [6.07, 6.45) is 4.22. The molecule has 3 nitrogen and oxygen atoms in total. The Morgan fingerprint density at radius 1 is 1.00 bits per heavy atom. The first-order valence-corrected chi connectivity index (χ1v) is 18.9. The zero-order valence-electron chi connectivity index (χ0n) is 24.7. The van der Waals surface area contributed by atoms with Gasteiger partial charge in [-0.3, -0.25) is 0 Å². The second-order valence-electron chi connectivity index (χ2n) is 12.8. The summed E-state index contributed by atoms with van der Waals surface area (Å²) in [6, 6.07) is 6.16. The number of benzene rings is 1. The molecule has 1 aromatic carbocycles.